The van der Waals surface area contributed by atoms with Gasteiger partial charge in [-0.05, 0) is 6.07 Å². The Morgan fingerprint density at radius 1 is 1.14 bits per heavy atom. The Hall–Kier alpha value is -3.36. The van der Waals surface area contributed by atoms with Crippen molar-refractivity contribution in [2.75, 3.05) is 5.73 Å². The summed E-state index contributed by atoms with van der Waals surface area (Å²) in [6.07, 6.45) is 0. The molecule has 2 rings (SSSR count). The van der Waals surface area contributed by atoms with E-state index in [-0.39, 0.29) is 0 Å². The average Bonchev–Trinajstić information content (AvgIpc) is 2.39. The molecule has 0 amide bonds. The van der Waals surface area contributed by atoms with Crippen LogP contribution in [0.15, 0.2) is 23.0 Å². The van der Waals surface area contributed by atoms with Gasteiger partial charge in [0.05, 0.1) is 0 Å². The maximum atomic E-state index is 13.5. The maximum Gasteiger partial charge on any atom is 0.342 e. The van der Waals surface area contributed by atoms with Crippen LogP contribution in [0.1, 0.15) is 20.7 Å². The van der Waals surface area contributed by atoms with Crippen LogP contribution in [-0.4, -0.2) is 32.2 Å². The van der Waals surface area contributed by atoms with Gasteiger partial charge in [0.2, 0.25) is 0 Å². The van der Waals surface area contributed by atoms with Gasteiger partial charge in [-0.1, -0.05) is 12.1 Å². The molecule has 1 heterocycles. The lowest BCUT2D eigenvalue weighted by molar-refractivity contribution is 0.0695. The van der Waals surface area contributed by atoms with E-state index in [0.717, 1.165) is 18.2 Å². The van der Waals surface area contributed by atoms with Gasteiger partial charge in [-0.15, -0.1) is 0 Å². The first-order valence-electron chi connectivity index (χ1n) is 5.75. The highest BCUT2D eigenvalue weighted by atomic mass is 19.1. The van der Waals surface area contributed by atoms with E-state index in [2.05, 4.69) is 0 Å². The normalized spacial score (nSPS) is 10.4. The Balaban J connectivity index is 3.06. The highest BCUT2D eigenvalue weighted by molar-refractivity contribution is 6.08. The molecular formula is C13H9FN2O6. The third-order valence-corrected chi connectivity index (χ3v) is 2.93. The van der Waals surface area contributed by atoms with Crippen LogP contribution < -0.4 is 11.3 Å². The van der Waals surface area contributed by atoms with Gasteiger partial charge in [0.1, 0.15) is 16.9 Å². The van der Waals surface area contributed by atoms with Crippen LogP contribution in [0.25, 0.3) is 11.1 Å². The number of aromatic carboxylic acids is 2. The number of phenols is 1. The van der Waals surface area contributed by atoms with Gasteiger partial charge in [-0.25, -0.2) is 14.0 Å². The third-order valence-electron chi connectivity index (χ3n) is 2.93. The van der Waals surface area contributed by atoms with Crippen molar-refractivity contribution in [2.24, 2.45) is 0 Å². The number of pyridine rings is 1. The van der Waals surface area contributed by atoms with Crippen LogP contribution in [0.5, 0.6) is 5.75 Å². The van der Waals surface area contributed by atoms with Crippen molar-refractivity contribution < 1.29 is 29.3 Å². The molecule has 6 N–H and O–H groups in total. The smallest absolute Gasteiger partial charge is 0.342 e. The number of phenolic OH excluding ortho intramolecular Hbond substituents is 1. The van der Waals surface area contributed by atoms with Crippen molar-refractivity contribution in [2.45, 2.75) is 0 Å². The van der Waals surface area contributed by atoms with Crippen molar-refractivity contribution in [3.8, 4) is 16.9 Å². The minimum Gasteiger partial charge on any atom is -0.504 e. The van der Waals surface area contributed by atoms with E-state index in [9.17, 15) is 29.0 Å². The zero-order valence-corrected chi connectivity index (χ0v) is 10.8. The number of carbonyl (C=O) groups is 2. The summed E-state index contributed by atoms with van der Waals surface area (Å²) in [6, 6.07) is 3.08. The predicted octanol–water partition coefficient (Wildman–Crippen LogP) is 0.865. The summed E-state index contributed by atoms with van der Waals surface area (Å²) in [4.78, 5) is 36.3. The molecule has 2 aromatic rings. The number of hydrogen-bond acceptors (Lipinski definition) is 5. The predicted molar refractivity (Wildman–Crippen MR) is 72.5 cm³/mol. The highest BCUT2D eigenvalue weighted by Gasteiger charge is 2.28. The van der Waals surface area contributed by atoms with E-state index < -0.39 is 57.1 Å². The monoisotopic (exact) mass is 308 g/mol. The molecule has 0 aliphatic heterocycles. The number of H-pyrrole nitrogens is 1. The molecule has 22 heavy (non-hydrogen) atoms. The van der Waals surface area contributed by atoms with Gasteiger partial charge in [-0.3, -0.25) is 4.79 Å². The molecule has 0 fully saturated rings. The molecule has 114 valence electrons. The fourth-order valence-corrected chi connectivity index (χ4v) is 2.03. The molecule has 9 heteroatoms. The number of halogens is 1. The van der Waals surface area contributed by atoms with Crippen molar-refractivity contribution in [3.63, 3.8) is 0 Å². The van der Waals surface area contributed by atoms with Gasteiger partial charge in [0.15, 0.2) is 11.6 Å². The number of nitrogens with one attached hydrogen (secondary N) is 1. The fourth-order valence-electron chi connectivity index (χ4n) is 2.03. The molecular weight excluding hydrogens is 299 g/mol. The van der Waals surface area contributed by atoms with Gasteiger partial charge in [0, 0.05) is 11.1 Å². The second-order valence-corrected chi connectivity index (χ2v) is 4.24. The first-order valence-corrected chi connectivity index (χ1v) is 5.75. The third kappa shape index (κ3) is 2.24. The molecule has 0 spiro atoms. The van der Waals surface area contributed by atoms with Crippen LogP contribution in [0.3, 0.4) is 0 Å². The van der Waals surface area contributed by atoms with E-state index in [4.69, 9.17) is 10.8 Å². The van der Waals surface area contributed by atoms with E-state index in [0.29, 0.717) is 0 Å². The summed E-state index contributed by atoms with van der Waals surface area (Å²) in [7, 11) is 0. The number of anilines is 1. The topological polar surface area (TPSA) is 154 Å². The summed E-state index contributed by atoms with van der Waals surface area (Å²) in [5.74, 6) is -6.10. The Bertz CT molecular complexity index is 858. The van der Waals surface area contributed by atoms with E-state index in [1.54, 1.807) is 0 Å². The minimum absolute atomic E-state index is 0.465. The number of aromatic hydroxyl groups is 1. The van der Waals surface area contributed by atoms with Gasteiger partial charge in [-0.2, -0.15) is 0 Å². The van der Waals surface area contributed by atoms with Gasteiger partial charge < -0.3 is 26.0 Å². The molecule has 0 aliphatic rings. The Labute approximate surface area is 121 Å². The summed E-state index contributed by atoms with van der Waals surface area (Å²) >= 11 is 0. The van der Waals surface area contributed by atoms with Gasteiger partial charge >= 0.3 is 11.9 Å². The van der Waals surface area contributed by atoms with E-state index >= 15 is 0 Å². The summed E-state index contributed by atoms with van der Waals surface area (Å²) in [5.41, 5.74) is 1.39. The van der Waals surface area contributed by atoms with Gasteiger partial charge in [0.25, 0.3) is 5.56 Å². The lowest BCUT2D eigenvalue weighted by atomic mass is 9.94. The number of benzene rings is 1. The Morgan fingerprint density at radius 3 is 2.27 bits per heavy atom. The molecule has 0 radical (unpaired) electrons. The van der Waals surface area contributed by atoms with Crippen LogP contribution in [-0.2, 0) is 0 Å². The summed E-state index contributed by atoms with van der Waals surface area (Å²) in [5, 5.41) is 28.1. The first kappa shape index (κ1) is 15.0. The minimum atomic E-state index is -1.75. The SMILES string of the molecule is Nc1[nH]c(=O)c(C(=O)O)c(-c2cccc(F)c2O)c1C(=O)O. The molecule has 0 atom stereocenters. The van der Waals surface area contributed by atoms with Crippen molar-refractivity contribution in [3.05, 3.63) is 45.5 Å². The number of carboxylic acids is 2. The number of nitrogen functional groups attached to an aromatic ring is 1. The summed E-state index contributed by atoms with van der Waals surface area (Å²) in [6.45, 7) is 0. The fraction of sp³-hybridized carbons (Fsp3) is 0. The molecule has 0 unspecified atom stereocenters. The Morgan fingerprint density at radius 2 is 1.73 bits per heavy atom. The molecule has 1 aromatic carbocycles. The number of aromatic nitrogens is 1. The number of carboxylic acid groups (broad SMARTS) is 2. The first-order chi connectivity index (χ1) is 10.3. The molecule has 8 nitrogen and oxygen atoms in total. The van der Waals surface area contributed by atoms with Crippen molar-refractivity contribution >= 4 is 17.8 Å². The lowest BCUT2D eigenvalue weighted by Gasteiger charge is -2.13. The Kier molecular flexibility index (Phi) is 3.56. The zero-order valence-electron chi connectivity index (χ0n) is 10.8. The quantitative estimate of drug-likeness (QED) is 0.563. The largest absolute Gasteiger partial charge is 0.504 e. The molecule has 0 saturated heterocycles. The molecule has 0 saturated carbocycles. The van der Waals surface area contributed by atoms with Crippen LogP contribution in [0.4, 0.5) is 10.2 Å². The van der Waals surface area contributed by atoms with E-state index in [1.807, 2.05) is 4.98 Å². The number of rotatable bonds is 3. The second kappa shape index (κ2) is 5.20. The van der Waals surface area contributed by atoms with E-state index in [1.165, 1.54) is 0 Å². The lowest BCUT2D eigenvalue weighted by Crippen LogP contribution is -2.24. The average molecular weight is 308 g/mol. The number of hydrogen-bond donors (Lipinski definition) is 5. The zero-order chi connectivity index (χ0) is 16.6. The van der Waals surface area contributed by atoms with Crippen molar-refractivity contribution in [1.29, 1.82) is 0 Å². The maximum absolute atomic E-state index is 13.5. The molecule has 0 aliphatic carbocycles. The van der Waals surface area contributed by atoms with Crippen LogP contribution in [0, 0.1) is 5.82 Å². The second-order valence-electron chi connectivity index (χ2n) is 4.24. The van der Waals surface area contributed by atoms with Crippen molar-refractivity contribution in [1.82, 2.24) is 4.98 Å². The highest BCUT2D eigenvalue weighted by Crippen LogP contribution is 2.36. The van der Waals surface area contributed by atoms with Crippen LogP contribution >= 0.6 is 0 Å². The number of para-hydroxylation sites is 1. The number of nitrogens with two attached hydrogens (primary N) is 1. The standard InChI is InChI=1S/C13H9FN2O6/c14-5-3-1-2-4(9(5)17)6-7(12(19)20)10(15)16-11(18)8(6)13(21)22/h1-3,17H,(H,19,20)(H,21,22)(H3,15,16,18). The summed E-state index contributed by atoms with van der Waals surface area (Å²) < 4.78 is 13.5. The number of aromatic amines is 1. The van der Waals surface area contributed by atoms with Crippen LogP contribution in [0.2, 0.25) is 0 Å². The molecule has 1 aromatic heterocycles. The molecule has 0 bridgehead atoms.